The van der Waals surface area contributed by atoms with Crippen LogP contribution in [0.15, 0.2) is 26.5 Å². The molecule has 2 nitrogen and oxygen atoms in total. The maximum absolute atomic E-state index is 12.2. The van der Waals surface area contributed by atoms with Gasteiger partial charge in [-0.1, -0.05) is 0 Å². The predicted molar refractivity (Wildman–Crippen MR) is 112 cm³/mol. The number of anilines is 1. The molecule has 2 aromatic rings. The minimum atomic E-state index is -0.0894. The van der Waals surface area contributed by atoms with E-state index in [2.05, 4.69) is 105 Å². The lowest BCUT2D eigenvalue weighted by atomic mass is 10.3. The first-order valence-electron chi connectivity index (χ1n) is 4.79. The topological polar surface area (TPSA) is 29.1 Å². The maximum atomic E-state index is 12.2. The second kappa shape index (κ2) is 7.20. The van der Waals surface area contributed by atoms with Gasteiger partial charge in [0.05, 0.1) is 14.4 Å². The number of amides is 1. The molecule has 0 unspecified atom stereocenters. The van der Waals surface area contributed by atoms with Crippen molar-refractivity contribution in [1.29, 1.82) is 0 Å². The second-order valence-electron chi connectivity index (χ2n) is 3.43. The average molecular weight is 739 g/mol. The van der Waals surface area contributed by atoms with Crippen molar-refractivity contribution in [3.63, 3.8) is 0 Å². The number of carbonyl (C=O) groups is 1. The molecule has 0 spiro atoms. The van der Waals surface area contributed by atoms with E-state index in [-0.39, 0.29) is 5.91 Å². The van der Waals surface area contributed by atoms with E-state index in [9.17, 15) is 4.79 Å². The zero-order valence-electron chi connectivity index (χ0n) is 8.94. The Morgan fingerprint density at radius 3 is 2.16 bits per heavy atom. The molecule has 1 aromatic heterocycles. The van der Waals surface area contributed by atoms with Crippen LogP contribution in [0.2, 0.25) is 0 Å². The molecular weight excluding hydrogens is 735 g/mol. The van der Waals surface area contributed by atoms with Gasteiger partial charge in [-0.3, -0.25) is 4.79 Å². The Hall–Kier alpha value is 1.54. The Balaban J connectivity index is 2.29. The maximum Gasteiger partial charge on any atom is 0.265 e. The highest BCUT2D eigenvalue weighted by molar-refractivity contribution is 14.1. The van der Waals surface area contributed by atoms with Gasteiger partial charge in [0.2, 0.25) is 0 Å². The summed E-state index contributed by atoms with van der Waals surface area (Å²) in [4.78, 5) is 12.9. The summed E-state index contributed by atoms with van der Waals surface area (Å²) in [5.41, 5.74) is 0.868. The van der Waals surface area contributed by atoms with Gasteiger partial charge in [0.15, 0.2) is 0 Å². The fraction of sp³-hybridized carbons (Fsp3) is 0. The highest BCUT2D eigenvalue weighted by atomic mass is 127. The third-order valence-corrected chi connectivity index (χ3v) is 7.69. The normalized spacial score (nSPS) is 10.6. The molecule has 2 rings (SSSR count). The summed E-state index contributed by atoms with van der Waals surface area (Å²) in [5, 5.41) is 2.97. The van der Waals surface area contributed by atoms with E-state index < -0.39 is 0 Å². The lowest BCUT2D eigenvalue weighted by molar-refractivity contribution is 0.103. The summed E-state index contributed by atoms with van der Waals surface area (Å²) in [6, 6.07) is 5.90. The van der Waals surface area contributed by atoms with Crippen molar-refractivity contribution in [2.24, 2.45) is 0 Å². The van der Waals surface area contributed by atoms with Crippen LogP contribution in [0.4, 0.5) is 5.69 Å². The molecule has 0 saturated carbocycles. The number of rotatable bonds is 2. The van der Waals surface area contributed by atoms with Crippen LogP contribution in [-0.4, -0.2) is 5.91 Å². The summed E-state index contributed by atoms with van der Waals surface area (Å²) >= 11 is 14.9. The van der Waals surface area contributed by atoms with Crippen molar-refractivity contribution in [3.8, 4) is 0 Å². The van der Waals surface area contributed by atoms with Gasteiger partial charge in [-0.2, -0.15) is 0 Å². The molecule has 0 radical (unpaired) electrons. The highest BCUT2D eigenvalue weighted by Gasteiger charge is 2.15. The molecule has 19 heavy (non-hydrogen) atoms. The number of halogens is 5. The van der Waals surface area contributed by atoms with Gasteiger partial charge in [0.25, 0.3) is 5.91 Å². The fourth-order valence-electron chi connectivity index (χ4n) is 1.30. The van der Waals surface area contributed by atoms with E-state index in [4.69, 9.17) is 0 Å². The monoisotopic (exact) mass is 737 g/mol. The molecular formula is C11H4Br2I3NOS. The molecule has 1 aromatic carbocycles. The number of hydrogen-bond donors (Lipinski definition) is 1. The van der Waals surface area contributed by atoms with Crippen molar-refractivity contribution in [2.45, 2.75) is 0 Å². The van der Waals surface area contributed by atoms with Crippen LogP contribution in [0.5, 0.6) is 0 Å². The number of hydrogen-bond acceptors (Lipinski definition) is 2. The molecule has 1 heterocycles. The van der Waals surface area contributed by atoms with Crippen LogP contribution in [0.25, 0.3) is 0 Å². The third-order valence-electron chi connectivity index (χ3n) is 2.11. The van der Waals surface area contributed by atoms with E-state index in [0.717, 1.165) is 24.7 Å². The standard InChI is InChI=1S/C11H4Br2I3NOS/c12-5-3-8(19-10(5)13)11(18)17-9-6(15)1-4(14)2-7(9)16/h1-3H,(H,17,18). The van der Waals surface area contributed by atoms with Gasteiger partial charge in [-0.15, -0.1) is 11.3 Å². The van der Waals surface area contributed by atoms with E-state index in [0.29, 0.717) is 4.88 Å². The molecule has 0 aliphatic carbocycles. The summed E-state index contributed by atoms with van der Waals surface area (Å²) in [7, 11) is 0. The van der Waals surface area contributed by atoms with Crippen LogP contribution >= 0.6 is 111 Å². The fourth-order valence-corrected chi connectivity index (χ4v) is 7.08. The predicted octanol–water partition coefficient (Wildman–Crippen LogP) is 6.34. The molecule has 0 aliphatic rings. The molecule has 100 valence electrons. The van der Waals surface area contributed by atoms with E-state index in [1.54, 1.807) is 0 Å². The average Bonchev–Trinajstić information content (AvgIpc) is 2.64. The van der Waals surface area contributed by atoms with Crippen molar-refractivity contribution in [3.05, 3.63) is 42.0 Å². The Bertz CT molecular complexity index is 617. The summed E-state index contributed by atoms with van der Waals surface area (Å²) in [6.07, 6.45) is 0. The van der Waals surface area contributed by atoms with Gasteiger partial charge in [-0.25, -0.2) is 0 Å². The molecule has 8 heteroatoms. The van der Waals surface area contributed by atoms with Gasteiger partial charge < -0.3 is 5.32 Å². The Morgan fingerprint density at radius 1 is 1.11 bits per heavy atom. The van der Waals surface area contributed by atoms with Gasteiger partial charge in [0, 0.05) is 15.2 Å². The van der Waals surface area contributed by atoms with E-state index in [1.807, 2.05) is 18.2 Å². The third kappa shape index (κ3) is 4.27. The van der Waals surface area contributed by atoms with Crippen LogP contribution in [0, 0.1) is 10.7 Å². The van der Waals surface area contributed by atoms with Crippen LogP contribution in [0.3, 0.4) is 0 Å². The minimum Gasteiger partial charge on any atom is -0.319 e. The van der Waals surface area contributed by atoms with Gasteiger partial charge in [-0.05, 0) is 118 Å². The first-order valence-corrected chi connectivity index (χ1v) is 10.4. The quantitative estimate of drug-likeness (QED) is 0.359. The Kier molecular flexibility index (Phi) is 6.41. The smallest absolute Gasteiger partial charge is 0.265 e. The second-order valence-corrected chi connectivity index (χ2v) is 10.2. The van der Waals surface area contributed by atoms with Crippen LogP contribution in [-0.2, 0) is 0 Å². The number of carbonyl (C=O) groups excluding carboxylic acids is 1. The number of benzene rings is 1. The van der Waals surface area contributed by atoms with Gasteiger partial charge in [0.1, 0.15) is 0 Å². The first kappa shape index (κ1) is 16.9. The molecule has 0 atom stereocenters. The summed E-state index contributed by atoms with van der Waals surface area (Å²) in [5.74, 6) is -0.0894. The summed E-state index contributed by atoms with van der Waals surface area (Å²) in [6.45, 7) is 0. The molecule has 1 N–H and O–H groups in total. The molecule has 1 amide bonds. The minimum absolute atomic E-state index is 0.0894. The van der Waals surface area contributed by atoms with Crippen molar-refractivity contribution in [1.82, 2.24) is 0 Å². The zero-order valence-corrected chi connectivity index (χ0v) is 19.4. The molecule has 0 saturated heterocycles. The highest BCUT2D eigenvalue weighted by Crippen LogP contribution is 2.33. The van der Waals surface area contributed by atoms with Crippen molar-refractivity contribution >= 4 is 123 Å². The van der Waals surface area contributed by atoms with E-state index >= 15 is 0 Å². The SMILES string of the molecule is O=C(Nc1c(I)cc(I)cc1I)c1cc(Br)c(Br)s1. The lowest BCUT2D eigenvalue weighted by Crippen LogP contribution is -2.12. The first-order chi connectivity index (χ1) is 8.88. The van der Waals surface area contributed by atoms with Crippen molar-refractivity contribution < 1.29 is 4.79 Å². The van der Waals surface area contributed by atoms with Gasteiger partial charge >= 0.3 is 0 Å². The molecule has 0 bridgehead atoms. The van der Waals surface area contributed by atoms with E-state index in [1.165, 1.54) is 11.3 Å². The Morgan fingerprint density at radius 2 is 1.68 bits per heavy atom. The number of thiophene rings is 1. The largest absolute Gasteiger partial charge is 0.319 e. The van der Waals surface area contributed by atoms with Crippen LogP contribution in [0.1, 0.15) is 9.67 Å². The van der Waals surface area contributed by atoms with Crippen molar-refractivity contribution in [2.75, 3.05) is 5.32 Å². The zero-order chi connectivity index (χ0) is 14.2. The van der Waals surface area contributed by atoms with Crippen LogP contribution < -0.4 is 5.32 Å². The molecule has 0 fully saturated rings. The number of nitrogens with one attached hydrogen (secondary N) is 1. The molecule has 0 aliphatic heterocycles. The Labute approximate surface area is 172 Å². The summed E-state index contributed by atoms with van der Waals surface area (Å²) < 4.78 is 5.05. The lowest BCUT2D eigenvalue weighted by Gasteiger charge is -2.09.